The zero-order valence-corrected chi connectivity index (χ0v) is 11.5. The number of rotatable bonds is 3. The molecular weight excluding hydrogens is 226 g/mol. The lowest BCUT2D eigenvalue weighted by Gasteiger charge is -2.42. The Morgan fingerprint density at radius 3 is 2.61 bits per heavy atom. The van der Waals surface area contributed by atoms with Crippen LogP contribution in [0.5, 0.6) is 5.75 Å². The van der Waals surface area contributed by atoms with Gasteiger partial charge in [0, 0.05) is 18.6 Å². The van der Waals surface area contributed by atoms with Crippen LogP contribution in [-0.2, 0) is 4.74 Å². The van der Waals surface area contributed by atoms with Gasteiger partial charge in [0.05, 0.1) is 12.7 Å². The maximum atomic E-state index is 9.38. The standard InChI is InChI=1S/C15H23NO2/c1-4-15(13-5-7-14(17)8-6-13)16-9-12(3)18-10-11(16)2/h5-8,11-12,15,17H,4,9-10H2,1-3H3. The SMILES string of the molecule is CCC(c1ccc(O)cc1)N1CC(C)OCC1C. The van der Waals surface area contributed by atoms with E-state index in [1.807, 2.05) is 12.1 Å². The van der Waals surface area contributed by atoms with E-state index < -0.39 is 0 Å². The highest BCUT2D eigenvalue weighted by atomic mass is 16.5. The van der Waals surface area contributed by atoms with E-state index in [-0.39, 0.29) is 0 Å². The van der Waals surface area contributed by atoms with Gasteiger partial charge in [-0.3, -0.25) is 4.90 Å². The minimum Gasteiger partial charge on any atom is -0.508 e. The van der Waals surface area contributed by atoms with E-state index in [1.165, 1.54) is 5.56 Å². The van der Waals surface area contributed by atoms with Gasteiger partial charge >= 0.3 is 0 Å². The van der Waals surface area contributed by atoms with Gasteiger partial charge in [-0.25, -0.2) is 0 Å². The molecule has 3 unspecified atom stereocenters. The fourth-order valence-electron chi connectivity index (χ4n) is 2.72. The molecule has 18 heavy (non-hydrogen) atoms. The molecule has 3 atom stereocenters. The van der Waals surface area contributed by atoms with Crippen molar-refractivity contribution in [2.45, 2.75) is 45.4 Å². The lowest BCUT2D eigenvalue weighted by molar-refractivity contribution is -0.0673. The highest BCUT2D eigenvalue weighted by Crippen LogP contribution is 2.29. The third-order valence-corrected chi connectivity index (χ3v) is 3.72. The zero-order chi connectivity index (χ0) is 13.1. The van der Waals surface area contributed by atoms with Gasteiger partial charge < -0.3 is 9.84 Å². The van der Waals surface area contributed by atoms with Crippen LogP contribution >= 0.6 is 0 Å². The lowest BCUT2D eigenvalue weighted by Crippen LogP contribution is -2.48. The van der Waals surface area contributed by atoms with Gasteiger partial charge in [0.1, 0.15) is 5.75 Å². The quantitative estimate of drug-likeness (QED) is 0.894. The predicted molar refractivity (Wildman–Crippen MR) is 72.7 cm³/mol. The Morgan fingerprint density at radius 2 is 2.00 bits per heavy atom. The molecule has 1 aliphatic rings. The van der Waals surface area contributed by atoms with Crippen LogP contribution in [0.4, 0.5) is 0 Å². The van der Waals surface area contributed by atoms with Crippen molar-refractivity contribution in [2.75, 3.05) is 13.2 Å². The monoisotopic (exact) mass is 249 g/mol. The van der Waals surface area contributed by atoms with Crippen LogP contribution in [-0.4, -0.2) is 35.3 Å². The van der Waals surface area contributed by atoms with E-state index in [2.05, 4.69) is 25.7 Å². The number of aromatic hydroxyl groups is 1. The maximum absolute atomic E-state index is 9.38. The number of benzene rings is 1. The number of phenolic OH excluding ortho intramolecular Hbond substituents is 1. The minimum absolute atomic E-state index is 0.298. The summed E-state index contributed by atoms with van der Waals surface area (Å²) in [6, 6.07) is 8.44. The second-order valence-corrected chi connectivity index (χ2v) is 5.21. The second-order valence-electron chi connectivity index (χ2n) is 5.21. The van der Waals surface area contributed by atoms with Crippen molar-refractivity contribution in [3.05, 3.63) is 29.8 Å². The number of hydrogen-bond acceptors (Lipinski definition) is 3. The van der Waals surface area contributed by atoms with Gasteiger partial charge in [-0.1, -0.05) is 19.1 Å². The van der Waals surface area contributed by atoms with Gasteiger partial charge in [-0.15, -0.1) is 0 Å². The van der Waals surface area contributed by atoms with Crippen LogP contribution in [0.25, 0.3) is 0 Å². The summed E-state index contributed by atoms with van der Waals surface area (Å²) in [6.45, 7) is 8.33. The molecule has 1 fully saturated rings. The average Bonchev–Trinajstić information content (AvgIpc) is 2.37. The summed E-state index contributed by atoms with van der Waals surface area (Å²) in [5.74, 6) is 0.331. The molecule has 0 aliphatic carbocycles. The van der Waals surface area contributed by atoms with E-state index in [1.54, 1.807) is 12.1 Å². The van der Waals surface area contributed by atoms with Gasteiger partial charge in [0.25, 0.3) is 0 Å². The number of ether oxygens (including phenoxy) is 1. The molecule has 0 bridgehead atoms. The second kappa shape index (κ2) is 5.72. The summed E-state index contributed by atoms with van der Waals surface area (Å²) in [5, 5.41) is 9.38. The molecule has 0 aromatic heterocycles. The van der Waals surface area contributed by atoms with Crippen LogP contribution in [0.15, 0.2) is 24.3 Å². The van der Waals surface area contributed by atoms with Crippen molar-refractivity contribution in [1.82, 2.24) is 4.90 Å². The van der Waals surface area contributed by atoms with E-state index >= 15 is 0 Å². The Balaban J connectivity index is 2.19. The molecule has 1 aromatic carbocycles. The smallest absolute Gasteiger partial charge is 0.115 e. The van der Waals surface area contributed by atoms with Crippen molar-refractivity contribution >= 4 is 0 Å². The molecule has 3 heteroatoms. The molecule has 0 spiro atoms. The molecule has 3 nitrogen and oxygen atoms in total. The largest absolute Gasteiger partial charge is 0.508 e. The minimum atomic E-state index is 0.298. The topological polar surface area (TPSA) is 32.7 Å². The summed E-state index contributed by atoms with van der Waals surface area (Å²) in [4.78, 5) is 2.51. The fourth-order valence-corrected chi connectivity index (χ4v) is 2.72. The Labute approximate surface area is 109 Å². The van der Waals surface area contributed by atoms with Crippen molar-refractivity contribution < 1.29 is 9.84 Å². The van der Waals surface area contributed by atoms with Crippen LogP contribution in [0.1, 0.15) is 38.8 Å². The van der Waals surface area contributed by atoms with E-state index in [9.17, 15) is 5.11 Å². The molecule has 1 saturated heterocycles. The third-order valence-electron chi connectivity index (χ3n) is 3.72. The summed E-state index contributed by atoms with van der Waals surface area (Å²) in [6.07, 6.45) is 1.37. The van der Waals surface area contributed by atoms with Gasteiger partial charge in [-0.2, -0.15) is 0 Å². The Morgan fingerprint density at radius 1 is 1.33 bits per heavy atom. The van der Waals surface area contributed by atoms with Gasteiger partial charge in [-0.05, 0) is 38.0 Å². The highest BCUT2D eigenvalue weighted by molar-refractivity contribution is 5.28. The first-order valence-corrected chi connectivity index (χ1v) is 6.78. The molecule has 100 valence electrons. The first-order chi connectivity index (χ1) is 8.61. The van der Waals surface area contributed by atoms with Gasteiger partial charge in [0.2, 0.25) is 0 Å². The summed E-state index contributed by atoms with van der Waals surface area (Å²) >= 11 is 0. The Kier molecular flexibility index (Phi) is 4.25. The lowest BCUT2D eigenvalue weighted by atomic mass is 9.99. The molecule has 1 N–H and O–H groups in total. The summed E-state index contributed by atoms with van der Waals surface area (Å²) in [5.41, 5.74) is 1.27. The van der Waals surface area contributed by atoms with Gasteiger partial charge in [0.15, 0.2) is 0 Å². The first-order valence-electron chi connectivity index (χ1n) is 6.78. The number of phenols is 1. The van der Waals surface area contributed by atoms with E-state index in [0.717, 1.165) is 19.6 Å². The van der Waals surface area contributed by atoms with Crippen LogP contribution in [0.2, 0.25) is 0 Å². The molecule has 0 saturated carbocycles. The molecule has 1 heterocycles. The fraction of sp³-hybridized carbons (Fsp3) is 0.600. The third kappa shape index (κ3) is 2.85. The van der Waals surface area contributed by atoms with Crippen molar-refractivity contribution in [3.8, 4) is 5.75 Å². The van der Waals surface area contributed by atoms with Crippen molar-refractivity contribution in [1.29, 1.82) is 0 Å². The number of nitrogens with zero attached hydrogens (tertiary/aromatic N) is 1. The molecule has 1 aliphatic heterocycles. The predicted octanol–water partition coefficient (Wildman–Crippen LogP) is 2.95. The van der Waals surface area contributed by atoms with E-state index in [0.29, 0.717) is 23.9 Å². The van der Waals surface area contributed by atoms with Crippen molar-refractivity contribution in [3.63, 3.8) is 0 Å². The molecule has 0 amide bonds. The number of hydrogen-bond donors (Lipinski definition) is 1. The molecule has 0 radical (unpaired) electrons. The molecule has 2 rings (SSSR count). The average molecular weight is 249 g/mol. The number of morpholine rings is 1. The normalized spacial score (nSPS) is 27.1. The molecular formula is C15H23NO2. The van der Waals surface area contributed by atoms with Crippen molar-refractivity contribution in [2.24, 2.45) is 0 Å². The zero-order valence-electron chi connectivity index (χ0n) is 11.5. The van der Waals surface area contributed by atoms with Crippen LogP contribution in [0, 0.1) is 0 Å². The Hall–Kier alpha value is -1.06. The maximum Gasteiger partial charge on any atom is 0.115 e. The van der Waals surface area contributed by atoms with E-state index in [4.69, 9.17) is 4.74 Å². The summed E-state index contributed by atoms with van der Waals surface area (Å²) in [7, 11) is 0. The molecule has 1 aromatic rings. The Bertz CT molecular complexity index is 377. The summed E-state index contributed by atoms with van der Waals surface area (Å²) < 4.78 is 5.69. The highest BCUT2D eigenvalue weighted by Gasteiger charge is 2.29. The van der Waals surface area contributed by atoms with Crippen LogP contribution in [0.3, 0.4) is 0 Å². The van der Waals surface area contributed by atoms with Crippen LogP contribution < -0.4 is 0 Å². The first kappa shape index (κ1) is 13.4.